The third-order valence-corrected chi connectivity index (χ3v) is 2.70. The van der Waals surface area contributed by atoms with E-state index in [9.17, 15) is 0 Å². The number of aromatic nitrogens is 2. The largest absolute Gasteiger partial charge is 0.358 e. The second-order valence-electron chi connectivity index (χ2n) is 4.12. The molecule has 3 nitrogen and oxygen atoms in total. The molecule has 1 aromatic carbocycles. The molecule has 16 heavy (non-hydrogen) atoms. The van der Waals surface area contributed by atoms with Crippen LogP contribution >= 0.6 is 0 Å². The average molecular weight is 215 g/mol. The summed E-state index contributed by atoms with van der Waals surface area (Å²) in [5.41, 5.74) is 2.49. The summed E-state index contributed by atoms with van der Waals surface area (Å²) in [6.45, 7) is 4.40. The Bertz CT molecular complexity index is 454. The molecule has 2 rings (SSSR count). The normalized spacial score (nSPS) is 10.8. The molecule has 0 saturated carbocycles. The third-order valence-electron chi connectivity index (χ3n) is 2.70. The van der Waals surface area contributed by atoms with Crippen LogP contribution < -0.4 is 5.32 Å². The van der Waals surface area contributed by atoms with E-state index >= 15 is 0 Å². The fraction of sp³-hybridized carbons (Fsp3) is 0.308. The molecule has 1 aromatic heterocycles. The van der Waals surface area contributed by atoms with Gasteiger partial charge in [0, 0.05) is 25.1 Å². The van der Waals surface area contributed by atoms with E-state index < -0.39 is 0 Å². The summed E-state index contributed by atoms with van der Waals surface area (Å²) in [5.74, 6) is 1.43. The van der Waals surface area contributed by atoms with Gasteiger partial charge in [0.1, 0.15) is 0 Å². The SMILES string of the molecule is CNc1nccn1-c1ccc(C(C)C)cc1. The van der Waals surface area contributed by atoms with Crippen LogP contribution in [0, 0.1) is 0 Å². The molecule has 0 fully saturated rings. The highest BCUT2D eigenvalue weighted by atomic mass is 15.2. The second kappa shape index (κ2) is 4.39. The van der Waals surface area contributed by atoms with Crippen molar-refractivity contribution in [3.8, 4) is 5.69 Å². The molecule has 0 spiro atoms. The van der Waals surface area contributed by atoms with E-state index in [1.807, 2.05) is 17.8 Å². The standard InChI is InChI=1S/C13H17N3/c1-10(2)11-4-6-12(7-5-11)16-9-8-15-13(16)14-3/h4-10H,1-3H3,(H,14,15). The summed E-state index contributed by atoms with van der Waals surface area (Å²) in [6, 6.07) is 8.58. The summed E-state index contributed by atoms with van der Waals surface area (Å²) in [4.78, 5) is 4.22. The van der Waals surface area contributed by atoms with Crippen LogP contribution in [-0.4, -0.2) is 16.6 Å². The first-order valence-corrected chi connectivity index (χ1v) is 5.54. The van der Waals surface area contributed by atoms with Crippen LogP contribution in [0.15, 0.2) is 36.7 Å². The second-order valence-corrected chi connectivity index (χ2v) is 4.12. The molecule has 0 radical (unpaired) electrons. The van der Waals surface area contributed by atoms with Gasteiger partial charge in [0.05, 0.1) is 0 Å². The number of nitrogens with one attached hydrogen (secondary N) is 1. The highest BCUT2D eigenvalue weighted by Gasteiger charge is 2.03. The van der Waals surface area contributed by atoms with E-state index in [1.165, 1.54) is 5.56 Å². The summed E-state index contributed by atoms with van der Waals surface area (Å²) in [5, 5.41) is 3.06. The molecule has 0 aliphatic heterocycles. The van der Waals surface area contributed by atoms with Gasteiger partial charge in [0.2, 0.25) is 5.95 Å². The van der Waals surface area contributed by atoms with E-state index in [1.54, 1.807) is 6.20 Å². The van der Waals surface area contributed by atoms with Gasteiger partial charge in [-0.3, -0.25) is 4.57 Å². The fourth-order valence-corrected chi connectivity index (χ4v) is 1.72. The number of nitrogens with zero attached hydrogens (tertiary/aromatic N) is 2. The molecule has 0 saturated heterocycles. The minimum atomic E-state index is 0.570. The Morgan fingerprint density at radius 2 is 1.88 bits per heavy atom. The van der Waals surface area contributed by atoms with E-state index in [0.29, 0.717) is 5.92 Å². The first-order chi connectivity index (χ1) is 7.72. The van der Waals surface area contributed by atoms with Crippen LogP contribution in [0.3, 0.4) is 0 Å². The lowest BCUT2D eigenvalue weighted by Crippen LogP contribution is -2.00. The fourth-order valence-electron chi connectivity index (χ4n) is 1.72. The van der Waals surface area contributed by atoms with Crippen LogP contribution in [-0.2, 0) is 0 Å². The van der Waals surface area contributed by atoms with Crippen LogP contribution in [0.1, 0.15) is 25.3 Å². The van der Waals surface area contributed by atoms with Crippen molar-refractivity contribution in [3.63, 3.8) is 0 Å². The number of anilines is 1. The highest BCUT2D eigenvalue weighted by molar-refractivity contribution is 5.42. The predicted octanol–water partition coefficient (Wildman–Crippen LogP) is 3.04. The maximum atomic E-state index is 4.22. The predicted molar refractivity (Wildman–Crippen MR) is 67.2 cm³/mol. The molecule has 0 aliphatic carbocycles. The summed E-state index contributed by atoms with van der Waals surface area (Å²) < 4.78 is 2.03. The van der Waals surface area contributed by atoms with Crippen molar-refractivity contribution in [2.75, 3.05) is 12.4 Å². The quantitative estimate of drug-likeness (QED) is 0.852. The van der Waals surface area contributed by atoms with Crippen LogP contribution in [0.25, 0.3) is 5.69 Å². The Hall–Kier alpha value is -1.77. The lowest BCUT2D eigenvalue weighted by atomic mass is 10.0. The van der Waals surface area contributed by atoms with Crippen LogP contribution in [0.5, 0.6) is 0 Å². The van der Waals surface area contributed by atoms with E-state index in [-0.39, 0.29) is 0 Å². The van der Waals surface area contributed by atoms with E-state index in [4.69, 9.17) is 0 Å². The molecule has 0 amide bonds. The Morgan fingerprint density at radius 3 is 2.44 bits per heavy atom. The van der Waals surface area contributed by atoms with E-state index in [2.05, 4.69) is 48.4 Å². The Kier molecular flexibility index (Phi) is 2.95. The van der Waals surface area contributed by atoms with Crippen molar-refractivity contribution < 1.29 is 0 Å². The summed E-state index contributed by atoms with van der Waals surface area (Å²) in [7, 11) is 1.88. The Balaban J connectivity index is 2.35. The molecule has 84 valence electrons. The Morgan fingerprint density at radius 1 is 1.19 bits per heavy atom. The number of hydrogen-bond donors (Lipinski definition) is 1. The van der Waals surface area contributed by atoms with Gasteiger partial charge < -0.3 is 5.32 Å². The topological polar surface area (TPSA) is 29.9 Å². The molecule has 0 aliphatic rings. The van der Waals surface area contributed by atoms with Gasteiger partial charge in [0.15, 0.2) is 0 Å². The van der Waals surface area contributed by atoms with Crippen molar-refractivity contribution in [2.45, 2.75) is 19.8 Å². The monoisotopic (exact) mass is 215 g/mol. The lowest BCUT2D eigenvalue weighted by Gasteiger charge is -2.09. The molecule has 1 N–H and O–H groups in total. The number of imidazole rings is 1. The number of benzene rings is 1. The van der Waals surface area contributed by atoms with Crippen LogP contribution in [0.2, 0.25) is 0 Å². The maximum absolute atomic E-state index is 4.22. The minimum absolute atomic E-state index is 0.570. The molecule has 0 bridgehead atoms. The van der Waals surface area contributed by atoms with Crippen molar-refractivity contribution in [2.24, 2.45) is 0 Å². The summed E-state index contributed by atoms with van der Waals surface area (Å²) >= 11 is 0. The maximum Gasteiger partial charge on any atom is 0.207 e. The smallest absolute Gasteiger partial charge is 0.207 e. The summed E-state index contributed by atoms with van der Waals surface area (Å²) in [6.07, 6.45) is 3.75. The molecule has 1 heterocycles. The zero-order chi connectivity index (χ0) is 11.5. The molecule has 2 aromatic rings. The molecular weight excluding hydrogens is 198 g/mol. The van der Waals surface area contributed by atoms with Gasteiger partial charge in [-0.15, -0.1) is 0 Å². The molecule has 0 atom stereocenters. The first kappa shape index (κ1) is 10.7. The molecule has 0 unspecified atom stereocenters. The zero-order valence-electron chi connectivity index (χ0n) is 9.94. The number of rotatable bonds is 3. The van der Waals surface area contributed by atoms with Gasteiger partial charge >= 0.3 is 0 Å². The molecule has 3 heteroatoms. The van der Waals surface area contributed by atoms with Crippen molar-refractivity contribution in [1.82, 2.24) is 9.55 Å². The zero-order valence-corrected chi connectivity index (χ0v) is 9.94. The third kappa shape index (κ3) is 1.94. The Labute approximate surface area is 96.1 Å². The van der Waals surface area contributed by atoms with Gasteiger partial charge in [-0.2, -0.15) is 0 Å². The van der Waals surface area contributed by atoms with Crippen molar-refractivity contribution in [3.05, 3.63) is 42.2 Å². The van der Waals surface area contributed by atoms with Crippen LogP contribution in [0.4, 0.5) is 5.95 Å². The van der Waals surface area contributed by atoms with Gasteiger partial charge in [-0.25, -0.2) is 4.98 Å². The molecular formula is C13H17N3. The van der Waals surface area contributed by atoms with Gasteiger partial charge in [0.25, 0.3) is 0 Å². The van der Waals surface area contributed by atoms with Gasteiger partial charge in [-0.1, -0.05) is 26.0 Å². The van der Waals surface area contributed by atoms with Crippen molar-refractivity contribution >= 4 is 5.95 Å². The average Bonchev–Trinajstić information content (AvgIpc) is 2.77. The first-order valence-electron chi connectivity index (χ1n) is 5.54. The lowest BCUT2D eigenvalue weighted by molar-refractivity contribution is 0.865. The van der Waals surface area contributed by atoms with E-state index in [0.717, 1.165) is 11.6 Å². The van der Waals surface area contributed by atoms with Gasteiger partial charge in [-0.05, 0) is 23.6 Å². The minimum Gasteiger partial charge on any atom is -0.358 e. The highest BCUT2D eigenvalue weighted by Crippen LogP contribution is 2.18. The van der Waals surface area contributed by atoms with Crippen molar-refractivity contribution in [1.29, 1.82) is 0 Å². The number of hydrogen-bond acceptors (Lipinski definition) is 2.